The Kier molecular flexibility index (Phi) is 5.85. The van der Waals surface area contributed by atoms with Gasteiger partial charge in [-0.15, -0.1) is 0 Å². The highest BCUT2D eigenvalue weighted by molar-refractivity contribution is 7.91. The summed E-state index contributed by atoms with van der Waals surface area (Å²) in [5.41, 5.74) is 1.74. The minimum Gasteiger partial charge on any atom is -0.447 e. The van der Waals surface area contributed by atoms with E-state index < -0.39 is 21.2 Å². The number of rotatable bonds is 5. The maximum Gasteiger partial charge on any atom is 0.411 e. The molecule has 25 heavy (non-hydrogen) atoms. The number of hydrogen-bond acceptors (Lipinski definition) is 4. The first-order valence-corrected chi connectivity index (χ1v) is 9.63. The molecule has 1 amide bonds. The fourth-order valence-corrected chi connectivity index (χ4v) is 4.14. The average Bonchev–Trinajstić information content (AvgIpc) is 2.55. The molecule has 0 heterocycles. The van der Waals surface area contributed by atoms with Gasteiger partial charge in [-0.1, -0.05) is 36.4 Å². The third kappa shape index (κ3) is 4.60. The first-order chi connectivity index (χ1) is 11.7. The van der Waals surface area contributed by atoms with E-state index in [0.29, 0.717) is 11.3 Å². The van der Waals surface area contributed by atoms with Gasteiger partial charge in [-0.2, -0.15) is 0 Å². The molecule has 0 saturated heterocycles. The Morgan fingerprint density at radius 1 is 1.04 bits per heavy atom. The lowest BCUT2D eigenvalue weighted by atomic mass is 10.2. The van der Waals surface area contributed by atoms with E-state index in [2.05, 4.69) is 5.32 Å². The van der Waals surface area contributed by atoms with Crippen molar-refractivity contribution in [2.45, 2.75) is 43.9 Å². The predicted octanol–water partition coefficient (Wildman–Crippen LogP) is 4.49. The smallest absolute Gasteiger partial charge is 0.411 e. The van der Waals surface area contributed by atoms with Gasteiger partial charge >= 0.3 is 6.09 Å². The molecule has 2 aromatic carbocycles. The topological polar surface area (TPSA) is 72.5 Å². The Balaban J connectivity index is 2.34. The van der Waals surface area contributed by atoms with Crippen molar-refractivity contribution in [2.24, 2.45) is 0 Å². The molecule has 2 rings (SSSR count). The van der Waals surface area contributed by atoms with E-state index >= 15 is 0 Å². The lowest BCUT2D eigenvalue weighted by Crippen LogP contribution is -2.18. The van der Waals surface area contributed by atoms with Gasteiger partial charge < -0.3 is 4.74 Å². The van der Waals surface area contributed by atoms with Gasteiger partial charge in [0.2, 0.25) is 0 Å². The number of carbonyl (C=O) groups excluding carboxylic acids is 1. The Labute approximate surface area is 148 Å². The maximum absolute atomic E-state index is 13.0. The molecule has 0 spiro atoms. The van der Waals surface area contributed by atoms with E-state index in [0.717, 1.165) is 5.56 Å². The quantitative estimate of drug-likeness (QED) is 0.852. The summed E-state index contributed by atoms with van der Waals surface area (Å²) >= 11 is 0. The van der Waals surface area contributed by atoms with Crippen LogP contribution in [0.3, 0.4) is 0 Å². The molecule has 134 valence electrons. The van der Waals surface area contributed by atoms with Crippen LogP contribution in [0.1, 0.15) is 37.1 Å². The number of ether oxygens (including phenoxy) is 1. The predicted molar refractivity (Wildman–Crippen MR) is 98.5 cm³/mol. The van der Waals surface area contributed by atoms with Crippen molar-refractivity contribution >= 4 is 21.6 Å². The van der Waals surface area contributed by atoms with Gasteiger partial charge in [0.1, 0.15) is 0 Å². The van der Waals surface area contributed by atoms with E-state index in [-0.39, 0.29) is 11.0 Å². The molecule has 1 unspecified atom stereocenters. The highest BCUT2D eigenvalue weighted by atomic mass is 32.2. The van der Waals surface area contributed by atoms with Crippen LogP contribution in [0.5, 0.6) is 0 Å². The number of amides is 1. The van der Waals surface area contributed by atoms with Crippen LogP contribution in [0.25, 0.3) is 0 Å². The van der Waals surface area contributed by atoms with Gasteiger partial charge in [0.25, 0.3) is 0 Å². The van der Waals surface area contributed by atoms with E-state index in [9.17, 15) is 13.2 Å². The van der Waals surface area contributed by atoms with Crippen molar-refractivity contribution < 1.29 is 17.9 Å². The van der Waals surface area contributed by atoms with Gasteiger partial charge in [0.05, 0.1) is 16.2 Å². The summed E-state index contributed by atoms with van der Waals surface area (Å²) in [6, 6.07) is 13.9. The van der Waals surface area contributed by atoms with Gasteiger partial charge in [0.15, 0.2) is 9.84 Å². The molecule has 0 aliphatic carbocycles. The molecule has 0 bridgehead atoms. The number of nitrogens with one attached hydrogen (secondary N) is 1. The number of aryl methyl sites for hydroxylation is 1. The Morgan fingerprint density at radius 3 is 2.28 bits per heavy atom. The van der Waals surface area contributed by atoms with Crippen LogP contribution in [0.15, 0.2) is 53.4 Å². The zero-order chi connectivity index (χ0) is 18.6. The van der Waals surface area contributed by atoms with E-state index in [1.165, 1.54) is 6.07 Å². The first-order valence-electron chi connectivity index (χ1n) is 8.09. The molecule has 0 aliphatic heterocycles. The summed E-state index contributed by atoms with van der Waals surface area (Å²) < 4.78 is 31.1. The van der Waals surface area contributed by atoms with Gasteiger partial charge in [-0.05, 0) is 51.0 Å². The maximum atomic E-state index is 13.0. The molecule has 0 aromatic heterocycles. The summed E-state index contributed by atoms with van der Waals surface area (Å²) in [5.74, 6) is 0. The molecule has 0 aliphatic rings. The third-order valence-corrected chi connectivity index (χ3v) is 6.07. The van der Waals surface area contributed by atoms with Crippen molar-refractivity contribution in [3.05, 3.63) is 59.7 Å². The standard InChI is InChI=1S/C19H23NO4S/c1-13(2)24-19(21)20-17-11-10-14(3)18(12-17)25(22,23)15(4)16-8-6-5-7-9-16/h5-13,15H,1-4H3,(H,20,21). The van der Waals surface area contributed by atoms with Crippen molar-refractivity contribution in [1.82, 2.24) is 0 Å². The zero-order valence-corrected chi connectivity index (χ0v) is 15.6. The fraction of sp³-hybridized carbons (Fsp3) is 0.316. The summed E-state index contributed by atoms with van der Waals surface area (Å²) in [4.78, 5) is 11.9. The molecule has 2 aromatic rings. The van der Waals surface area contributed by atoms with Crippen LogP contribution < -0.4 is 5.32 Å². The Bertz CT molecular complexity index is 845. The van der Waals surface area contributed by atoms with Crippen LogP contribution in [0.2, 0.25) is 0 Å². The van der Waals surface area contributed by atoms with Crippen molar-refractivity contribution in [3.63, 3.8) is 0 Å². The summed E-state index contributed by atoms with van der Waals surface area (Å²) in [6.45, 7) is 6.89. The molecular formula is C19H23NO4S. The second-order valence-electron chi connectivity index (χ2n) is 6.16. The zero-order valence-electron chi connectivity index (χ0n) is 14.8. The second-order valence-corrected chi connectivity index (χ2v) is 8.39. The number of sulfone groups is 1. The van der Waals surface area contributed by atoms with Crippen LogP contribution in [-0.4, -0.2) is 20.6 Å². The largest absolute Gasteiger partial charge is 0.447 e. The first kappa shape index (κ1) is 19.0. The SMILES string of the molecule is Cc1ccc(NC(=O)OC(C)C)cc1S(=O)(=O)C(C)c1ccccc1. The molecule has 1 N–H and O–H groups in total. The van der Waals surface area contributed by atoms with E-state index in [4.69, 9.17) is 4.74 Å². The normalized spacial score (nSPS) is 12.7. The molecule has 6 heteroatoms. The Hall–Kier alpha value is -2.34. The minimum atomic E-state index is -3.60. The van der Waals surface area contributed by atoms with Gasteiger partial charge in [0, 0.05) is 5.69 Å². The van der Waals surface area contributed by atoms with E-state index in [1.807, 2.05) is 18.2 Å². The number of anilines is 1. The average molecular weight is 361 g/mol. The summed E-state index contributed by atoms with van der Waals surface area (Å²) in [7, 11) is -3.60. The molecule has 0 radical (unpaired) electrons. The van der Waals surface area contributed by atoms with Crippen molar-refractivity contribution in [1.29, 1.82) is 0 Å². The third-order valence-electron chi connectivity index (χ3n) is 3.82. The van der Waals surface area contributed by atoms with Gasteiger partial charge in [-0.25, -0.2) is 13.2 Å². The minimum absolute atomic E-state index is 0.200. The fourth-order valence-electron chi connectivity index (χ4n) is 2.44. The summed E-state index contributed by atoms with van der Waals surface area (Å²) in [6.07, 6.45) is -0.870. The van der Waals surface area contributed by atoms with Crippen LogP contribution in [0.4, 0.5) is 10.5 Å². The monoisotopic (exact) mass is 361 g/mol. The lowest BCUT2D eigenvalue weighted by Gasteiger charge is -2.17. The van der Waals surface area contributed by atoms with Gasteiger partial charge in [-0.3, -0.25) is 5.32 Å². The highest BCUT2D eigenvalue weighted by Crippen LogP contribution is 2.31. The van der Waals surface area contributed by atoms with Crippen LogP contribution >= 0.6 is 0 Å². The number of hydrogen-bond donors (Lipinski definition) is 1. The van der Waals surface area contributed by atoms with Crippen LogP contribution in [-0.2, 0) is 14.6 Å². The van der Waals surface area contributed by atoms with Crippen LogP contribution in [0, 0.1) is 6.92 Å². The second kappa shape index (κ2) is 7.70. The lowest BCUT2D eigenvalue weighted by molar-refractivity contribution is 0.130. The highest BCUT2D eigenvalue weighted by Gasteiger charge is 2.26. The molecule has 0 fully saturated rings. The van der Waals surface area contributed by atoms with Crippen molar-refractivity contribution in [3.8, 4) is 0 Å². The van der Waals surface area contributed by atoms with Crippen molar-refractivity contribution in [2.75, 3.05) is 5.32 Å². The summed E-state index contributed by atoms with van der Waals surface area (Å²) in [5, 5.41) is 1.88. The number of benzene rings is 2. The van der Waals surface area contributed by atoms with E-state index in [1.54, 1.807) is 52.0 Å². The molecule has 5 nitrogen and oxygen atoms in total. The Morgan fingerprint density at radius 2 is 1.68 bits per heavy atom. The molecule has 0 saturated carbocycles. The molecular weight excluding hydrogens is 338 g/mol. The molecule has 1 atom stereocenters. The number of carbonyl (C=O) groups is 1.